The zero-order valence-corrected chi connectivity index (χ0v) is 10.3. The van der Waals surface area contributed by atoms with Gasteiger partial charge in [-0.25, -0.2) is 4.98 Å². The second kappa shape index (κ2) is 4.85. The van der Waals surface area contributed by atoms with Gasteiger partial charge in [0.2, 0.25) is 0 Å². The van der Waals surface area contributed by atoms with Gasteiger partial charge in [-0.05, 0) is 44.5 Å². The molecule has 0 fully saturated rings. The number of aromatic nitrogens is 2. The van der Waals surface area contributed by atoms with Gasteiger partial charge in [-0.1, -0.05) is 6.07 Å². The molecule has 0 spiro atoms. The number of H-pyrrole nitrogens is 1. The highest BCUT2D eigenvalue weighted by Crippen LogP contribution is 2.11. The van der Waals surface area contributed by atoms with Gasteiger partial charge >= 0.3 is 0 Å². The van der Waals surface area contributed by atoms with E-state index in [-0.39, 0.29) is 0 Å². The summed E-state index contributed by atoms with van der Waals surface area (Å²) in [7, 11) is 0. The van der Waals surface area contributed by atoms with Gasteiger partial charge < -0.3 is 15.4 Å². The number of fused-ring (bicyclic) bond motifs is 1. The molecule has 0 radical (unpaired) electrons. The number of aromatic amines is 1. The van der Waals surface area contributed by atoms with Gasteiger partial charge in [-0.3, -0.25) is 0 Å². The third kappa shape index (κ3) is 3.54. The summed E-state index contributed by atoms with van der Waals surface area (Å²) in [6.07, 6.45) is 2.66. The highest BCUT2D eigenvalue weighted by atomic mass is 16.3. The van der Waals surface area contributed by atoms with Gasteiger partial charge in [0, 0.05) is 6.54 Å². The normalized spacial score (nSPS) is 12.2. The van der Waals surface area contributed by atoms with Crippen molar-refractivity contribution in [2.45, 2.75) is 25.9 Å². The Morgan fingerprint density at radius 1 is 1.41 bits per heavy atom. The number of aliphatic hydroxyl groups is 1. The summed E-state index contributed by atoms with van der Waals surface area (Å²) in [5.74, 6) is 0. The second-order valence-electron chi connectivity index (χ2n) is 4.99. The first-order chi connectivity index (χ1) is 8.04. The predicted octanol–water partition coefficient (Wildman–Crippen LogP) is 1.47. The summed E-state index contributed by atoms with van der Waals surface area (Å²) >= 11 is 0. The van der Waals surface area contributed by atoms with Crippen molar-refractivity contribution in [3.05, 3.63) is 30.1 Å². The van der Waals surface area contributed by atoms with E-state index < -0.39 is 5.60 Å². The number of nitrogens with one attached hydrogen (secondary N) is 2. The summed E-state index contributed by atoms with van der Waals surface area (Å²) in [6.45, 7) is 5.08. The zero-order valence-electron chi connectivity index (χ0n) is 10.3. The Balaban J connectivity index is 1.86. The summed E-state index contributed by atoms with van der Waals surface area (Å²) in [5, 5.41) is 12.8. The van der Waals surface area contributed by atoms with Gasteiger partial charge in [-0.15, -0.1) is 0 Å². The van der Waals surface area contributed by atoms with E-state index in [2.05, 4.69) is 27.4 Å². The fraction of sp³-hybridized carbons (Fsp3) is 0.462. The summed E-state index contributed by atoms with van der Waals surface area (Å²) < 4.78 is 0. The molecule has 0 aliphatic heterocycles. The van der Waals surface area contributed by atoms with E-state index in [0.717, 1.165) is 24.0 Å². The molecule has 2 aromatic rings. The minimum atomic E-state index is -0.646. The molecule has 2 rings (SSSR count). The van der Waals surface area contributed by atoms with Crippen molar-refractivity contribution in [1.29, 1.82) is 0 Å². The van der Waals surface area contributed by atoms with Crippen LogP contribution in [0.15, 0.2) is 24.5 Å². The molecule has 0 aliphatic carbocycles. The average molecular weight is 233 g/mol. The molecule has 0 aliphatic rings. The summed E-state index contributed by atoms with van der Waals surface area (Å²) in [4.78, 5) is 7.29. The molecule has 1 aromatic carbocycles. The van der Waals surface area contributed by atoms with Crippen molar-refractivity contribution in [1.82, 2.24) is 15.3 Å². The van der Waals surface area contributed by atoms with Crippen LogP contribution in [-0.2, 0) is 6.42 Å². The molecule has 17 heavy (non-hydrogen) atoms. The molecule has 0 bridgehead atoms. The monoisotopic (exact) mass is 233 g/mol. The number of nitrogens with zero attached hydrogens (tertiary/aromatic N) is 1. The standard InChI is InChI=1S/C13H19N3O/c1-13(2,17)8-14-6-5-10-3-4-11-12(7-10)16-9-15-11/h3-4,7,9,14,17H,5-6,8H2,1-2H3,(H,15,16). The molecule has 4 heteroatoms. The predicted molar refractivity (Wildman–Crippen MR) is 69.0 cm³/mol. The first kappa shape index (κ1) is 12.1. The lowest BCUT2D eigenvalue weighted by Crippen LogP contribution is -2.35. The van der Waals surface area contributed by atoms with Crippen molar-refractivity contribution in [2.75, 3.05) is 13.1 Å². The van der Waals surface area contributed by atoms with E-state index >= 15 is 0 Å². The molecule has 92 valence electrons. The molecule has 3 N–H and O–H groups in total. The van der Waals surface area contributed by atoms with Crippen LogP contribution < -0.4 is 5.32 Å². The zero-order chi connectivity index (χ0) is 12.3. The van der Waals surface area contributed by atoms with Crippen molar-refractivity contribution in [3.8, 4) is 0 Å². The fourth-order valence-corrected chi connectivity index (χ4v) is 1.77. The molecule has 0 unspecified atom stereocenters. The van der Waals surface area contributed by atoms with Crippen LogP contribution in [-0.4, -0.2) is 33.8 Å². The Morgan fingerprint density at radius 2 is 2.24 bits per heavy atom. The summed E-state index contributed by atoms with van der Waals surface area (Å²) in [5.41, 5.74) is 2.70. The van der Waals surface area contributed by atoms with Crippen molar-refractivity contribution < 1.29 is 5.11 Å². The topological polar surface area (TPSA) is 60.9 Å². The maximum absolute atomic E-state index is 9.55. The minimum Gasteiger partial charge on any atom is -0.389 e. The maximum Gasteiger partial charge on any atom is 0.0931 e. The van der Waals surface area contributed by atoms with E-state index in [1.807, 2.05) is 6.07 Å². The van der Waals surface area contributed by atoms with Gasteiger partial charge in [0.25, 0.3) is 0 Å². The molecule has 0 atom stereocenters. The fourth-order valence-electron chi connectivity index (χ4n) is 1.77. The highest BCUT2D eigenvalue weighted by molar-refractivity contribution is 5.74. The van der Waals surface area contributed by atoms with Crippen LogP contribution in [0.25, 0.3) is 11.0 Å². The quantitative estimate of drug-likeness (QED) is 0.685. The molecule has 4 nitrogen and oxygen atoms in total. The molecular formula is C13H19N3O. The Kier molecular flexibility index (Phi) is 3.45. The van der Waals surface area contributed by atoms with E-state index in [4.69, 9.17) is 0 Å². The molecular weight excluding hydrogens is 214 g/mol. The Labute approximate surface area is 101 Å². The SMILES string of the molecule is CC(C)(O)CNCCc1ccc2nc[nH]c2c1. The van der Waals surface area contributed by atoms with E-state index in [0.29, 0.717) is 6.54 Å². The Bertz CT molecular complexity index is 485. The number of rotatable bonds is 5. The maximum atomic E-state index is 9.55. The van der Waals surface area contributed by atoms with Crippen LogP contribution in [0.1, 0.15) is 19.4 Å². The van der Waals surface area contributed by atoms with Crippen LogP contribution >= 0.6 is 0 Å². The van der Waals surface area contributed by atoms with Gasteiger partial charge in [0.1, 0.15) is 0 Å². The smallest absolute Gasteiger partial charge is 0.0931 e. The number of imidazole rings is 1. The van der Waals surface area contributed by atoms with Crippen LogP contribution in [0.2, 0.25) is 0 Å². The minimum absolute atomic E-state index is 0.610. The molecule has 1 heterocycles. The molecule has 0 amide bonds. The van der Waals surface area contributed by atoms with E-state index in [1.54, 1.807) is 20.2 Å². The van der Waals surface area contributed by atoms with Crippen molar-refractivity contribution in [3.63, 3.8) is 0 Å². The van der Waals surface area contributed by atoms with Gasteiger partial charge in [0.05, 0.1) is 23.0 Å². The van der Waals surface area contributed by atoms with Crippen LogP contribution in [0, 0.1) is 0 Å². The van der Waals surface area contributed by atoms with Crippen LogP contribution in [0.3, 0.4) is 0 Å². The van der Waals surface area contributed by atoms with Crippen LogP contribution in [0.4, 0.5) is 0 Å². The molecule has 1 aromatic heterocycles. The first-order valence-electron chi connectivity index (χ1n) is 5.90. The summed E-state index contributed by atoms with van der Waals surface area (Å²) in [6, 6.07) is 6.24. The lowest BCUT2D eigenvalue weighted by Gasteiger charge is -2.17. The number of hydrogen-bond acceptors (Lipinski definition) is 3. The average Bonchev–Trinajstić information content (AvgIpc) is 2.70. The van der Waals surface area contributed by atoms with E-state index in [9.17, 15) is 5.11 Å². The number of benzene rings is 1. The van der Waals surface area contributed by atoms with Gasteiger partial charge in [0.15, 0.2) is 0 Å². The highest BCUT2D eigenvalue weighted by Gasteiger charge is 2.10. The van der Waals surface area contributed by atoms with Crippen molar-refractivity contribution in [2.24, 2.45) is 0 Å². The van der Waals surface area contributed by atoms with E-state index in [1.165, 1.54) is 5.56 Å². The first-order valence-corrected chi connectivity index (χ1v) is 5.90. The molecule has 0 saturated carbocycles. The lowest BCUT2D eigenvalue weighted by molar-refractivity contribution is 0.0801. The lowest BCUT2D eigenvalue weighted by atomic mass is 10.1. The second-order valence-corrected chi connectivity index (χ2v) is 4.99. The van der Waals surface area contributed by atoms with Gasteiger partial charge in [-0.2, -0.15) is 0 Å². The Hall–Kier alpha value is -1.39. The third-order valence-corrected chi connectivity index (χ3v) is 2.63. The largest absolute Gasteiger partial charge is 0.389 e. The van der Waals surface area contributed by atoms with Crippen molar-refractivity contribution >= 4 is 11.0 Å². The third-order valence-electron chi connectivity index (χ3n) is 2.63. The molecule has 0 saturated heterocycles. The Morgan fingerprint density at radius 3 is 3.00 bits per heavy atom. The number of hydrogen-bond donors (Lipinski definition) is 3. The van der Waals surface area contributed by atoms with Crippen LogP contribution in [0.5, 0.6) is 0 Å².